The third kappa shape index (κ3) is 10.6. The van der Waals surface area contributed by atoms with Crippen molar-refractivity contribution in [2.24, 2.45) is 5.41 Å². The largest absolute Gasteiger partial charge is 0.507 e. The minimum atomic E-state index is -1.97. The number of benzene rings is 3. The van der Waals surface area contributed by atoms with Gasteiger partial charge in [-0.3, -0.25) is 19.3 Å². The first kappa shape index (κ1) is 46.4. The van der Waals surface area contributed by atoms with Gasteiger partial charge in [0.15, 0.2) is 11.5 Å². The van der Waals surface area contributed by atoms with E-state index in [1.807, 2.05) is 43.3 Å². The van der Waals surface area contributed by atoms with Gasteiger partial charge in [0.1, 0.15) is 30.2 Å². The number of hydrogen-bond donors (Lipinski definition) is 5. The normalized spacial score (nSPS) is 18.8. The summed E-state index contributed by atoms with van der Waals surface area (Å²) in [6.07, 6.45) is 0.179. The van der Waals surface area contributed by atoms with E-state index in [0.717, 1.165) is 72.1 Å². The molecule has 348 valence electrons. The highest BCUT2D eigenvalue weighted by Crippen LogP contribution is 2.41. The van der Waals surface area contributed by atoms with Crippen molar-refractivity contribution in [1.82, 2.24) is 35.6 Å². The number of likely N-dealkylation sites (tertiary alicyclic amines) is 1. The average molecular weight is 920 g/mol. The van der Waals surface area contributed by atoms with E-state index in [1.54, 1.807) is 38.4 Å². The number of para-hydroxylation sites is 1. The number of β-amino-alcohol motifs (C(OH)–C–C–N with tert-alkyl or cyclic N) is 1. The lowest BCUT2D eigenvalue weighted by atomic mass is 9.85. The number of carbonyl (C=O) groups excluding carboxylic acids is 3. The van der Waals surface area contributed by atoms with Gasteiger partial charge in [-0.15, -0.1) is 21.5 Å². The number of aliphatic hydroxyl groups is 1. The maximum absolute atomic E-state index is 14.7. The fraction of sp³-hybridized carbons (Fsp3) is 0.429. The number of aromatic hydroxyl groups is 1. The summed E-state index contributed by atoms with van der Waals surface area (Å²) in [5.74, 6) is -0.733. The zero-order valence-electron chi connectivity index (χ0n) is 37.8. The molecule has 0 spiro atoms. The zero-order chi connectivity index (χ0) is 46.8. The van der Waals surface area contributed by atoms with Crippen molar-refractivity contribution in [3.63, 3.8) is 0 Å². The SMILES string of the molecule is Cc1ncsc1-c1ccc(CNC(=O)[C@@H]2C[C@@H](O)CN2C(=O)[C@@H](NC(=O)C2(F)CC2)C(C)(C)C)c(OCc2ccc(CCN3CCN(c4cc(-c5ccccc5O)nnc4N)CC3)cc2)c1. The van der Waals surface area contributed by atoms with Crippen molar-refractivity contribution < 1.29 is 33.7 Å². The number of ether oxygens (including phenoxy) is 1. The number of nitrogens with two attached hydrogens (primary N) is 1. The summed E-state index contributed by atoms with van der Waals surface area (Å²) < 4.78 is 21.1. The number of halogens is 1. The molecule has 2 aromatic heterocycles. The molecule has 3 fully saturated rings. The molecule has 3 aromatic carbocycles. The van der Waals surface area contributed by atoms with E-state index in [9.17, 15) is 29.0 Å². The number of aryl methyl sites for hydroxylation is 1. The number of thiazole rings is 1. The van der Waals surface area contributed by atoms with Crippen LogP contribution in [0.3, 0.4) is 0 Å². The van der Waals surface area contributed by atoms with Crippen LogP contribution >= 0.6 is 11.3 Å². The molecule has 4 heterocycles. The van der Waals surface area contributed by atoms with E-state index in [1.165, 1.54) is 21.8 Å². The van der Waals surface area contributed by atoms with Gasteiger partial charge in [-0.25, -0.2) is 9.37 Å². The number of anilines is 2. The summed E-state index contributed by atoms with van der Waals surface area (Å²) in [7, 11) is 0. The minimum Gasteiger partial charge on any atom is -0.507 e. The van der Waals surface area contributed by atoms with Gasteiger partial charge in [0.25, 0.3) is 5.91 Å². The Labute approximate surface area is 388 Å². The van der Waals surface area contributed by atoms with E-state index < -0.39 is 47.0 Å². The summed E-state index contributed by atoms with van der Waals surface area (Å²) >= 11 is 1.53. The number of nitrogen functional groups attached to an aromatic ring is 1. The summed E-state index contributed by atoms with van der Waals surface area (Å²) in [5.41, 5.74) is 12.0. The molecule has 3 aliphatic rings. The Balaban J connectivity index is 0.875. The van der Waals surface area contributed by atoms with Gasteiger partial charge in [0.2, 0.25) is 11.8 Å². The molecule has 3 atom stereocenters. The highest BCUT2D eigenvalue weighted by Gasteiger charge is 2.53. The number of amides is 3. The van der Waals surface area contributed by atoms with Crippen LogP contribution in [0.15, 0.2) is 78.3 Å². The molecule has 8 rings (SSSR count). The lowest BCUT2D eigenvalue weighted by Gasteiger charge is -2.36. The lowest BCUT2D eigenvalue weighted by molar-refractivity contribution is -0.145. The topological polar surface area (TPSA) is 199 Å². The van der Waals surface area contributed by atoms with Crippen molar-refractivity contribution >= 4 is 40.6 Å². The smallest absolute Gasteiger partial charge is 0.258 e. The van der Waals surface area contributed by atoms with Gasteiger partial charge < -0.3 is 41.1 Å². The van der Waals surface area contributed by atoms with Crippen LogP contribution in [0.5, 0.6) is 11.5 Å². The molecule has 1 aliphatic carbocycles. The number of nitrogens with zero attached hydrogens (tertiary/aromatic N) is 6. The van der Waals surface area contributed by atoms with E-state index >= 15 is 0 Å². The first-order valence-corrected chi connectivity index (χ1v) is 23.3. The Bertz CT molecular complexity index is 2560. The van der Waals surface area contributed by atoms with Gasteiger partial charge >= 0.3 is 0 Å². The Kier molecular flexibility index (Phi) is 13.6. The molecule has 1 saturated carbocycles. The predicted molar refractivity (Wildman–Crippen MR) is 251 cm³/mol. The first-order valence-electron chi connectivity index (χ1n) is 22.5. The molecule has 0 bridgehead atoms. The molecule has 2 saturated heterocycles. The summed E-state index contributed by atoms with van der Waals surface area (Å²) in [4.78, 5) is 51.9. The summed E-state index contributed by atoms with van der Waals surface area (Å²) in [6, 6.07) is 21.1. The number of phenolic OH excluding ortho intramolecular Hbond substituents is 1. The van der Waals surface area contributed by atoms with Crippen LogP contribution in [0.25, 0.3) is 21.7 Å². The molecule has 6 N–H and O–H groups in total. The molecule has 15 nitrogen and oxygen atoms in total. The molecule has 5 aromatic rings. The van der Waals surface area contributed by atoms with Gasteiger partial charge in [-0.1, -0.05) is 69.3 Å². The Morgan fingerprint density at radius 1 is 1.00 bits per heavy atom. The van der Waals surface area contributed by atoms with E-state index in [-0.39, 0.29) is 44.7 Å². The maximum Gasteiger partial charge on any atom is 0.258 e. The number of nitrogens with one attached hydrogen (secondary N) is 2. The van der Waals surface area contributed by atoms with Crippen LogP contribution in [0.4, 0.5) is 15.9 Å². The number of aliphatic hydroxyl groups excluding tert-OH is 1. The monoisotopic (exact) mass is 919 g/mol. The molecule has 17 heteroatoms. The molecule has 66 heavy (non-hydrogen) atoms. The molecular weight excluding hydrogens is 862 g/mol. The van der Waals surface area contributed by atoms with Crippen LogP contribution in [0.2, 0.25) is 0 Å². The summed E-state index contributed by atoms with van der Waals surface area (Å²) in [6.45, 7) is 11.7. The fourth-order valence-corrected chi connectivity index (χ4v) is 9.30. The second-order valence-corrected chi connectivity index (χ2v) is 19.5. The number of alkyl halides is 1. The molecular formula is C49H58FN9O6S. The van der Waals surface area contributed by atoms with Crippen LogP contribution in [-0.2, 0) is 34.0 Å². The standard InChI is InChI=1S/C49H58FN9O6S/c1-30-42(66-29-53-30)33-13-14-34(26-52-45(62)39-24-35(60)27-59(39)46(63)43(48(2,3)4)54-47(64)49(50)16-17-49)41(23-33)65-28-32-11-9-31(10-12-32)15-18-57-19-21-58(22-20-57)38-25-37(55-56-44(38)51)36-7-5-6-8-40(36)61/h5-14,23,25,29,35,39,43,60-61H,15-22,24,26-28H2,1-4H3,(H2,51,56)(H,52,62)(H,54,64)/t35-,39+,43-/m1/s1. The molecule has 3 amide bonds. The van der Waals surface area contributed by atoms with Crippen LogP contribution in [0.1, 0.15) is 62.4 Å². The van der Waals surface area contributed by atoms with Crippen molar-refractivity contribution in [3.8, 4) is 33.2 Å². The lowest BCUT2D eigenvalue weighted by Crippen LogP contribution is -2.59. The van der Waals surface area contributed by atoms with Crippen molar-refractivity contribution in [2.75, 3.05) is 49.9 Å². The number of carbonyl (C=O) groups is 3. The van der Waals surface area contributed by atoms with Crippen LogP contribution in [-0.4, -0.2) is 116 Å². The zero-order valence-corrected chi connectivity index (χ0v) is 38.6. The second-order valence-electron chi connectivity index (χ2n) is 18.6. The number of piperazine rings is 1. The van der Waals surface area contributed by atoms with Gasteiger partial charge in [0.05, 0.1) is 33.6 Å². The van der Waals surface area contributed by atoms with E-state index in [0.29, 0.717) is 22.8 Å². The Hall–Kier alpha value is -6.17. The molecule has 0 unspecified atom stereocenters. The van der Waals surface area contributed by atoms with E-state index in [2.05, 4.69) is 59.9 Å². The summed E-state index contributed by atoms with van der Waals surface area (Å²) in [5, 5.41) is 35.0. The van der Waals surface area contributed by atoms with Crippen LogP contribution in [0, 0.1) is 12.3 Å². The van der Waals surface area contributed by atoms with Gasteiger partial charge in [0, 0.05) is 63.4 Å². The van der Waals surface area contributed by atoms with E-state index in [4.69, 9.17) is 10.5 Å². The van der Waals surface area contributed by atoms with Crippen molar-refractivity contribution in [2.45, 2.75) is 90.4 Å². The van der Waals surface area contributed by atoms with Crippen molar-refractivity contribution in [3.05, 3.63) is 101 Å². The third-order valence-electron chi connectivity index (χ3n) is 12.7. The average Bonchev–Trinajstić information content (AvgIpc) is 3.71. The second kappa shape index (κ2) is 19.4. The van der Waals surface area contributed by atoms with Crippen LogP contribution < -0.4 is 26.0 Å². The Morgan fingerprint density at radius 3 is 2.41 bits per heavy atom. The number of phenols is 1. The highest BCUT2D eigenvalue weighted by molar-refractivity contribution is 7.13. The first-order chi connectivity index (χ1) is 31.6. The number of aromatic nitrogens is 3. The molecule has 2 aliphatic heterocycles. The highest BCUT2D eigenvalue weighted by atomic mass is 32.1. The van der Waals surface area contributed by atoms with Crippen molar-refractivity contribution in [1.29, 1.82) is 0 Å². The maximum atomic E-state index is 14.7. The van der Waals surface area contributed by atoms with Gasteiger partial charge in [-0.05, 0) is 72.6 Å². The third-order valence-corrected chi connectivity index (χ3v) is 13.7. The quantitative estimate of drug-likeness (QED) is 0.0896. The number of rotatable bonds is 15. The predicted octanol–water partition coefficient (Wildman–Crippen LogP) is 5.42. The fourth-order valence-electron chi connectivity index (χ4n) is 8.50. The minimum absolute atomic E-state index is 0.0262. The Morgan fingerprint density at radius 2 is 1.73 bits per heavy atom. The molecule has 0 radical (unpaired) electrons. The number of hydrogen-bond acceptors (Lipinski definition) is 13. The van der Waals surface area contributed by atoms with Gasteiger partial charge in [-0.2, -0.15) is 0 Å².